The molecule has 0 aromatic heterocycles. The fourth-order valence-electron chi connectivity index (χ4n) is 1.78. The molecule has 1 aliphatic heterocycles. The molecule has 1 saturated carbocycles. The van der Waals surface area contributed by atoms with Gasteiger partial charge in [-0.1, -0.05) is 19.3 Å². The van der Waals surface area contributed by atoms with Crippen molar-refractivity contribution in [2.24, 2.45) is 5.92 Å². The largest absolute Gasteiger partial charge is 0.324 e. The summed E-state index contributed by atoms with van der Waals surface area (Å²) in [6.45, 7) is 0.994. The summed E-state index contributed by atoms with van der Waals surface area (Å²) >= 11 is 0. The number of hydrogen-bond acceptors (Lipinski definition) is 2. The van der Waals surface area contributed by atoms with Crippen LogP contribution in [-0.2, 0) is 4.79 Å². The highest BCUT2D eigenvalue weighted by Gasteiger charge is 2.27. The molecule has 0 spiro atoms. The Bertz CT molecular complexity index is 236. The Morgan fingerprint density at radius 1 is 1.38 bits per heavy atom. The summed E-state index contributed by atoms with van der Waals surface area (Å²) in [5.41, 5.74) is 0. The Labute approximate surface area is 77.3 Å². The molecule has 0 aromatic carbocycles. The Morgan fingerprint density at radius 2 is 2.15 bits per heavy atom. The maximum Gasteiger partial charge on any atom is 0.324 e. The molecule has 0 radical (unpaired) electrons. The fourth-order valence-corrected chi connectivity index (χ4v) is 1.78. The van der Waals surface area contributed by atoms with Crippen molar-refractivity contribution in [2.45, 2.75) is 25.7 Å². The Kier molecular flexibility index (Phi) is 2.20. The third kappa shape index (κ3) is 1.82. The van der Waals surface area contributed by atoms with Gasteiger partial charge in [0, 0.05) is 6.54 Å². The van der Waals surface area contributed by atoms with Gasteiger partial charge in [-0.2, -0.15) is 0 Å². The van der Waals surface area contributed by atoms with E-state index < -0.39 is 0 Å². The molecule has 0 atom stereocenters. The molecule has 1 heterocycles. The lowest BCUT2D eigenvalue weighted by molar-refractivity contribution is -0.118. The second-order valence-electron chi connectivity index (χ2n) is 3.86. The van der Waals surface area contributed by atoms with Gasteiger partial charge in [0.2, 0.25) is 5.91 Å². The van der Waals surface area contributed by atoms with Gasteiger partial charge < -0.3 is 4.90 Å². The topological polar surface area (TPSA) is 49.4 Å². The molecule has 1 N–H and O–H groups in total. The van der Waals surface area contributed by atoms with Gasteiger partial charge in [0.1, 0.15) is 6.54 Å². The maximum atomic E-state index is 11.1. The van der Waals surface area contributed by atoms with Crippen molar-refractivity contribution in [1.82, 2.24) is 10.2 Å². The van der Waals surface area contributed by atoms with Gasteiger partial charge in [-0.15, -0.1) is 0 Å². The highest BCUT2D eigenvalue weighted by atomic mass is 16.2. The van der Waals surface area contributed by atoms with Gasteiger partial charge in [0.25, 0.3) is 0 Å². The second-order valence-corrected chi connectivity index (χ2v) is 3.86. The standard InChI is InChI=1S/C9H14N2O2/c12-8-6-11(9(13)10-8)5-4-7-2-1-3-7/h7H,1-6H2,(H,10,12,13). The highest BCUT2D eigenvalue weighted by molar-refractivity contribution is 6.01. The van der Waals surface area contributed by atoms with Gasteiger partial charge in [0.05, 0.1) is 0 Å². The lowest BCUT2D eigenvalue weighted by atomic mass is 9.83. The number of nitrogens with zero attached hydrogens (tertiary/aromatic N) is 1. The molecule has 13 heavy (non-hydrogen) atoms. The Hall–Kier alpha value is -1.06. The molecule has 72 valence electrons. The van der Waals surface area contributed by atoms with Crippen LogP contribution in [0.25, 0.3) is 0 Å². The Balaban J connectivity index is 1.74. The van der Waals surface area contributed by atoms with E-state index in [-0.39, 0.29) is 18.5 Å². The summed E-state index contributed by atoms with van der Waals surface area (Å²) < 4.78 is 0. The van der Waals surface area contributed by atoms with E-state index in [2.05, 4.69) is 5.32 Å². The first kappa shape index (κ1) is 8.53. The van der Waals surface area contributed by atoms with Crippen molar-refractivity contribution < 1.29 is 9.59 Å². The third-order valence-corrected chi connectivity index (χ3v) is 2.90. The molecule has 1 aliphatic carbocycles. The summed E-state index contributed by atoms with van der Waals surface area (Å²) in [6, 6.07) is -0.218. The molecule has 4 heteroatoms. The zero-order chi connectivity index (χ0) is 9.26. The first-order valence-corrected chi connectivity index (χ1v) is 4.84. The van der Waals surface area contributed by atoms with E-state index in [0.29, 0.717) is 0 Å². The van der Waals surface area contributed by atoms with Crippen molar-refractivity contribution in [2.75, 3.05) is 13.1 Å². The predicted molar refractivity (Wildman–Crippen MR) is 47.1 cm³/mol. The molecule has 0 bridgehead atoms. The number of rotatable bonds is 3. The van der Waals surface area contributed by atoms with Crippen LogP contribution in [0.4, 0.5) is 4.79 Å². The van der Waals surface area contributed by atoms with E-state index in [4.69, 9.17) is 0 Å². The monoisotopic (exact) mass is 182 g/mol. The zero-order valence-electron chi connectivity index (χ0n) is 7.58. The fraction of sp³-hybridized carbons (Fsp3) is 0.778. The number of urea groups is 1. The molecule has 3 amide bonds. The van der Waals surface area contributed by atoms with Crippen molar-refractivity contribution >= 4 is 11.9 Å². The van der Waals surface area contributed by atoms with E-state index in [1.165, 1.54) is 19.3 Å². The van der Waals surface area contributed by atoms with Crippen LogP contribution in [0.2, 0.25) is 0 Å². The summed E-state index contributed by atoms with van der Waals surface area (Å²) in [4.78, 5) is 23.5. The number of carbonyl (C=O) groups excluding carboxylic acids is 2. The number of imide groups is 1. The molecule has 2 rings (SSSR count). The average molecular weight is 182 g/mol. The van der Waals surface area contributed by atoms with Gasteiger partial charge >= 0.3 is 6.03 Å². The SMILES string of the molecule is O=C1CN(CCC2CCC2)C(=O)N1. The molecule has 1 saturated heterocycles. The van der Waals surface area contributed by atoms with E-state index in [0.717, 1.165) is 18.9 Å². The predicted octanol–water partition coefficient (Wildman–Crippen LogP) is 0.728. The van der Waals surface area contributed by atoms with E-state index in [1.807, 2.05) is 0 Å². The van der Waals surface area contributed by atoms with Crippen LogP contribution in [0.1, 0.15) is 25.7 Å². The van der Waals surface area contributed by atoms with Crippen LogP contribution in [0.15, 0.2) is 0 Å². The summed E-state index contributed by atoms with van der Waals surface area (Å²) in [5.74, 6) is 0.627. The van der Waals surface area contributed by atoms with Crippen molar-refractivity contribution in [3.8, 4) is 0 Å². The van der Waals surface area contributed by atoms with Crippen molar-refractivity contribution in [3.05, 3.63) is 0 Å². The van der Waals surface area contributed by atoms with E-state index >= 15 is 0 Å². The minimum Gasteiger partial charge on any atom is -0.315 e. The zero-order valence-corrected chi connectivity index (χ0v) is 7.58. The van der Waals surface area contributed by atoms with E-state index in [1.54, 1.807) is 4.90 Å². The van der Waals surface area contributed by atoms with Crippen LogP contribution in [-0.4, -0.2) is 29.9 Å². The molecule has 0 unspecified atom stereocenters. The molecular formula is C9H14N2O2. The molecule has 4 nitrogen and oxygen atoms in total. The summed E-state index contributed by atoms with van der Waals surface area (Å²) in [6.07, 6.45) is 4.98. The minimum atomic E-state index is -0.218. The van der Waals surface area contributed by atoms with Crippen LogP contribution in [0.3, 0.4) is 0 Å². The number of carbonyl (C=O) groups is 2. The summed E-state index contributed by atoms with van der Waals surface area (Å²) in [5, 5.41) is 2.27. The van der Waals surface area contributed by atoms with Crippen molar-refractivity contribution in [3.63, 3.8) is 0 Å². The van der Waals surface area contributed by atoms with Crippen molar-refractivity contribution in [1.29, 1.82) is 0 Å². The lowest BCUT2D eigenvalue weighted by Gasteiger charge is -2.26. The normalized spacial score (nSPS) is 23.2. The minimum absolute atomic E-state index is 0.168. The smallest absolute Gasteiger partial charge is 0.315 e. The lowest BCUT2D eigenvalue weighted by Crippen LogP contribution is -2.31. The number of hydrogen-bond donors (Lipinski definition) is 1. The van der Waals surface area contributed by atoms with Crippen LogP contribution in [0.5, 0.6) is 0 Å². The third-order valence-electron chi connectivity index (χ3n) is 2.90. The van der Waals surface area contributed by atoms with Gasteiger partial charge in [0.15, 0.2) is 0 Å². The second kappa shape index (κ2) is 3.36. The van der Waals surface area contributed by atoms with Gasteiger partial charge in [-0.25, -0.2) is 4.79 Å². The quantitative estimate of drug-likeness (QED) is 0.654. The van der Waals surface area contributed by atoms with Crippen LogP contribution >= 0.6 is 0 Å². The van der Waals surface area contributed by atoms with Gasteiger partial charge in [-0.05, 0) is 12.3 Å². The first-order chi connectivity index (χ1) is 6.25. The molecule has 2 fully saturated rings. The van der Waals surface area contributed by atoms with Crippen LogP contribution < -0.4 is 5.32 Å². The summed E-state index contributed by atoms with van der Waals surface area (Å²) in [7, 11) is 0. The highest BCUT2D eigenvalue weighted by Crippen LogP contribution is 2.29. The van der Waals surface area contributed by atoms with Gasteiger partial charge in [-0.3, -0.25) is 10.1 Å². The molecule has 2 aliphatic rings. The van der Waals surface area contributed by atoms with E-state index in [9.17, 15) is 9.59 Å². The molecular weight excluding hydrogens is 168 g/mol. The Morgan fingerprint density at radius 3 is 2.62 bits per heavy atom. The molecule has 0 aromatic rings. The number of amides is 3. The number of nitrogens with one attached hydrogen (secondary N) is 1. The first-order valence-electron chi connectivity index (χ1n) is 4.84. The van der Waals surface area contributed by atoms with Crippen LogP contribution in [0, 0.1) is 5.92 Å². The average Bonchev–Trinajstić information content (AvgIpc) is 2.27. The maximum absolute atomic E-state index is 11.1.